The van der Waals surface area contributed by atoms with E-state index in [0.717, 1.165) is 16.8 Å². The highest BCUT2D eigenvalue weighted by Gasteiger charge is 2.24. The summed E-state index contributed by atoms with van der Waals surface area (Å²) >= 11 is 0. The second kappa shape index (κ2) is 6.36. The Kier molecular flexibility index (Phi) is 3.90. The summed E-state index contributed by atoms with van der Waals surface area (Å²) in [6.45, 7) is 2.33. The summed E-state index contributed by atoms with van der Waals surface area (Å²) in [7, 11) is 0. The van der Waals surface area contributed by atoms with Gasteiger partial charge in [0, 0.05) is 11.8 Å². The fourth-order valence-corrected chi connectivity index (χ4v) is 2.90. The van der Waals surface area contributed by atoms with Gasteiger partial charge in [0.25, 0.3) is 0 Å². The number of carbonyl (C=O) groups excluding carboxylic acids is 1. The van der Waals surface area contributed by atoms with Crippen molar-refractivity contribution in [2.75, 3.05) is 6.61 Å². The lowest BCUT2D eigenvalue weighted by atomic mass is 9.95. The van der Waals surface area contributed by atoms with Crippen molar-refractivity contribution < 1.29 is 9.53 Å². The van der Waals surface area contributed by atoms with Crippen molar-refractivity contribution in [1.82, 2.24) is 4.98 Å². The molecule has 1 aromatic heterocycles. The SMILES string of the molecule is Cc1ccc(-c2ccc3c(c2)C(=O)/C(=C/c2ccccn2)CO3)cc1. The summed E-state index contributed by atoms with van der Waals surface area (Å²) in [5.74, 6) is 0.639. The van der Waals surface area contributed by atoms with Gasteiger partial charge in [0.1, 0.15) is 12.4 Å². The van der Waals surface area contributed by atoms with Crippen LogP contribution in [0.4, 0.5) is 0 Å². The molecule has 0 amide bonds. The van der Waals surface area contributed by atoms with E-state index in [1.807, 2.05) is 36.4 Å². The average molecular weight is 327 g/mol. The van der Waals surface area contributed by atoms with Gasteiger partial charge >= 0.3 is 0 Å². The highest BCUT2D eigenvalue weighted by Crippen LogP contribution is 2.32. The molecule has 2 heterocycles. The van der Waals surface area contributed by atoms with E-state index in [-0.39, 0.29) is 12.4 Å². The molecule has 0 saturated heterocycles. The smallest absolute Gasteiger partial charge is 0.196 e. The lowest BCUT2D eigenvalue weighted by Crippen LogP contribution is -2.19. The number of hydrogen-bond acceptors (Lipinski definition) is 3. The lowest BCUT2D eigenvalue weighted by Gasteiger charge is -2.19. The highest BCUT2D eigenvalue weighted by molar-refractivity contribution is 6.14. The van der Waals surface area contributed by atoms with Crippen molar-refractivity contribution in [1.29, 1.82) is 0 Å². The Labute approximate surface area is 146 Å². The van der Waals surface area contributed by atoms with Gasteiger partial charge in [-0.2, -0.15) is 0 Å². The molecule has 122 valence electrons. The molecule has 25 heavy (non-hydrogen) atoms. The van der Waals surface area contributed by atoms with Gasteiger partial charge in [-0.25, -0.2) is 0 Å². The van der Waals surface area contributed by atoms with Gasteiger partial charge in [-0.05, 0) is 48.4 Å². The quantitative estimate of drug-likeness (QED) is 0.640. The van der Waals surface area contributed by atoms with Gasteiger partial charge in [0.2, 0.25) is 0 Å². The number of pyridine rings is 1. The normalized spacial score (nSPS) is 14.9. The van der Waals surface area contributed by atoms with Crippen LogP contribution in [0.25, 0.3) is 17.2 Å². The molecule has 0 aliphatic carbocycles. The van der Waals surface area contributed by atoms with Crippen LogP contribution in [-0.2, 0) is 0 Å². The number of aryl methyl sites for hydroxylation is 1. The predicted molar refractivity (Wildman–Crippen MR) is 98.7 cm³/mol. The molecular weight excluding hydrogens is 310 g/mol. The number of hydrogen-bond donors (Lipinski definition) is 0. The molecule has 3 nitrogen and oxygen atoms in total. The number of benzene rings is 2. The van der Waals surface area contributed by atoms with Crippen molar-refractivity contribution in [3.63, 3.8) is 0 Å². The molecule has 0 unspecified atom stereocenters. The lowest BCUT2D eigenvalue weighted by molar-refractivity contribution is 0.100. The molecule has 0 atom stereocenters. The van der Waals surface area contributed by atoms with Crippen molar-refractivity contribution in [3.8, 4) is 16.9 Å². The number of ketones is 1. The number of rotatable bonds is 2. The third kappa shape index (κ3) is 3.09. The van der Waals surface area contributed by atoms with E-state index in [9.17, 15) is 4.79 Å². The van der Waals surface area contributed by atoms with Gasteiger partial charge in [-0.1, -0.05) is 42.0 Å². The fraction of sp³-hybridized carbons (Fsp3) is 0.0909. The van der Waals surface area contributed by atoms with Crippen LogP contribution in [0.5, 0.6) is 5.75 Å². The first-order valence-corrected chi connectivity index (χ1v) is 8.21. The Bertz CT molecular complexity index is 957. The standard InChI is InChI=1S/C22H17NO2/c1-15-5-7-16(8-6-15)17-9-10-21-20(13-17)22(24)18(14-25-21)12-19-4-2-3-11-23-19/h2-13H,14H2,1H3/b18-12+. The van der Waals surface area contributed by atoms with E-state index in [1.54, 1.807) is 12.3 Å². The second-order valence-corrected chi connectivity index (χ2v) is 6.12. The monoisotopic (exact) mass is 327 g/mol. The maximum atomic E-state index is 12.9. The summed E-state index contributed by atoms with van der Waals surface area (Å²) in [5.41, 5.74) is 5.28. The van der Waals surface area contributed by atoms with E-state index in [2.05, 4.69) is 36.2 Å². The van der Waals surface area contributed by atoms with E-state index < -0.39 is 0 Å². The van der Waals surface area contributed by atoms with Crippen molar-refractivity contribution in [2.24, 2.45) is 0 Å². The Balaban J connectivity index is 1.71. The molecule has 0 N–H and O–H groups in total. The summed E-state index contributed by atoms with van der Waals surface area (Å²) < 4.78 is 5.77. The number of fused-ring (bicyclic) bond motifs is 1. The fourth-order valence-electron chi connectivity index (χ4n) is 2.90. The maximum Gasteiger partial charge on any atom is 0.196 e. The third-order valence-electron chi connectivity index (χ3n) is 4.29. The first-order valence-electron chi connectivity index (χ1n) is 8.21. The molecule has 0 fully saturated rings. The van der Waals surface area contributed by atoms with Gasteiger partial charge in [0.15, 0.2) is 5.78 Å². The van der Waals surface area contributed by atoms with Crippen LogP contribution in [0, 0.1) is 6.92 Å². The first-order chi connectivity index (χ1) is 12.2. The van der Waals surface area contributed by atoms with Crippen LogP contribution >= 0.6 is 0 Å². The molecular formula is C22H17NO2. The van der Waals surface area contributed by atoms with Crippen molar-refractivity contribution in [3.05, 3.63) is 89.3 Å². The second-order valence-electron chi connectivity index (χ2n) is 6.12. The van der Waals surface area contributed by atoms with Crippen LogP contribution in [0.3, 0.4) is 0 Å². The average Bonchev–Trinajstić information content (AvgIpc) is 2.65. The summed E-state index contributed by atoms with van der Waals surface area (Å²) in [5, 5.41) is 0. The zero-order valence-electron chi connectivity index (χ0n) is 13.9. The molecule has 0 saturated carbocycles. The highest BCUT2D eigenvalue weighted by atomic mass is 16.5. The van der Waals surface area contributed by atoms with Crippen molar-refractivity contribution >= 4 is 11.9 Å². The Hall–Kier alpha value is -3.20. The molecule has 4 rings (SSSR count). The van der Waals surface area contributed by atoms with Crippen LogP contribution in [0.1, 0.15) is 21.6 Å². The number of Topliss-reactive ketones (excluding diaryl/α,β-unsaturated/α-hetero) is 1. The molecule has 0 radical (unpaired) electrons. The minimum atomic E-state index is 0.000801. The van der Waals surface area contributed by atoms with E-state index in [0.29, 0.717) is 16.9 Å². The third-order valence-corrected chi connectivity index (χ3v) is 4.29. The zero-order valence-corrected chi connectivity index (χ0v) is 13.9. The topological polar surface area (TPSA) is 39.2 Å². The molecule has 1 aliphatic rings. The number of nitrogens with zero attached hydrogens (tertiary/aromatic N) is 1. The van der Waals surface area contributed by atoms with Crippen LogP contribution < -0.4 is 4.74 Å². The largest absolute Gasteiger partial charge is 0.488 e. The predicted octanol–water partition coefficient (Wildman–Crippen LogP) is 4.72. The van der Waals surface area contributed by atoms with E-state index in [1.165, 1.54) is 5.56 Å². The molecule has 0 spiro atoms. The minimum Gasteiger partial charge on any atom is -0.488 e. The Morgan fingerprint density at radius 3 is 2.56 bits per heavy atom. The molecule has 3 heteroatoms. The van der Waals surface area contributed by atoms with Crippen LogP contribution in [-0.4, -0.2) is 17.4 Å². The Morgan fingerprint density at radius 1 is 1.00 bits per heavy atom. The van der Waals surface area contributed by atoms with Gasteiger partial charge in [-0.3, -0.25) is 9.78 Å². The van der Waals surface area contributed by atoms with Gasteiger partial charge in [0.05, 0.1) is 11.3 Å². The summed E-state index contributed by atoms with van der Waals surface area (Å²) in [4.78, 5) is 17.1. The van der Waals surface area contributed by atoms with Crippen molar-refractivity contribution in [2.45, 2.75) is 6.92 Å². The van der Waals surface area contributed by atoms with Crippen LogP contribution in [0.15, 0.2) is 72.4 Å². The number of aromatic nitrogens is 1. The Morgan fingerprint density at radius 2 is 1.80 bits per heavy atom. The molecule has 1 aliphatic heterocycles. The van der Waals surface area contributed by atoms with Gasteiger partial charge in [-0.15, -0.1) is 0 Å². The molecule has 0 bridgehead atoms. The number of ether oxygens (including phenoxy) is 1. The molecule has 2 aromatic carbocycles. The van der Waals surface area contributed by atoms with E-state index in [4.69, 9.17) is 4.74 Å². The van der Waals surface area contributed by atoms with E-state index >= 15 is 0 Å². The summed E-state index contributed by atoms with van der Waals surface area (Å²) in [6.07, 6.45) is 3.51. The van der Waals surface area contributed by atoms with Crippen LogP contribution in [0.2, 0.25) is 0 Å². The maximum absolute atomic E-state index is 12.9. The zero-order chi connectivity index (χ0) is 17.2. The van der Waals surface area contributed by atoms with Gasteiger partial charge < -0.3 is 4.74 Å². The minimum absolute atomic E-state index is 0.000801. The summed E-state index contributed by atoms with van der Waals surface area (Å²) in [6, 6.07) is 19.7. The first kappa shape index (κ1) is 15.3. The number of carbonyl (C=O) groups is 1. The molecule has 3 aromatic rings.